The summed E-state index contributed by atoms with van der Waals surface area (Å²) in [6.07, 6.45) is 4.50. The lowest BCUT2D eigenvalue weighted by Crippen LogP contribution is -2.38. The molecule has 2 aromatic carbocycles. The average molecular weight is 560 g/mol. The van der Waals surface area contributed by atoms with Gasteiger partial charge in [-0.2, -0.15) is 0 Å². The second-order valence-electron chi connectivity index (χ2n) is 9.99. The van der Waals surface area contributed by atoms with Gasteiger partial charge in [0, 0.05) is 25.3 Å². The Balaban J connectivity index is 1.46. The molecule has 208 valence electrons. The van der Waals surface area contributed by atoms with Crippen LogP contribution in [0.5, 0.6) is 0 Å². The van der Waals surface area contributed by atoms with E-state index in [-0.39, 0.29) is 42.1 Å². The third kappa shape index (κ3) is 6.71. The van der Waals surface area contributed by atoms with Gasteiger partial charge in [0.2, 0.25) is 15.0 Å². The summed E-state index contributed by atoms with van der Waals surface area (Å²) >= 11 is 0. The monoisotopic (exact) mass is 559 g/mol. The molecule has 2 atom stereocenters. The lowest BCUT2D eigenvalue weighted by molar-refractivity contribution is 0.0496. The standard InChI is InChI=1S/C28H31F2N3O5S/c29-22-9-5-20(6-10-22)19-39(35,36)28-31-15-24(33(28)18-26-4-2-14-38-26)16-32(17-25-3-1-13-37-25)27(34)21-7-11-23(30)12-8-21/h5-12,15,25-26H,1-4,13-14,16-19H2. The zero-order chi connectivity index (χ0) is 27.4. The molecule has 0 N–H and O–H groups in total. The smallest absolute Gasteiger partial charge is 0.254 e. The molecule has 5 rings (SSSR count). The van der Waals surface area contributed by atoms with Crippen molar-refractivity contribution in [3.05, 3.63) is 83.2 Å². The largest absolute Gasteiger partial charge is 0.376 e. The van der Waals surface area contributed by atoms with Gasteiger partial charge in [0.05, 0.1) is 42.9 Å². The molecule has 0 radical (unpaired) electrons. The Bertz CT molecular complexity index is 1380. The van der Waals surface area contributed by atoms with E-state index >= 15 is 0 Å². The van der Waals surface area contributed by atoms with E-state index in [0.717, 1.165) is 25.7 Å². The molecule has 2 saturated heterocycles. The van der Waals surface area contributed by atoms with Gasteiger partial charge in [-0.25, -0.2) is 22.2 Å². The maximum atomic E-state index is 13.5. The number of imidazole rings is 1. The molecule has 3 heterocycles. The van der Waals surface area contributed by atoms with Crippen LogP contribution in [0.3, 0.4) is 0 Å². The summed E-state index contributed by atoms with van der Waals surface area (Å²) in [4.78, 5) is 19.4. The normalized spacial score (nSPS) is 19.4. The summed E-state index contributed by atoms with van der Waals surface area (Å²) in [7, 11) is -3.91. The van der Waals surface area contributed by atoms with Crippen molar-refractivity contribution < 1.29 is 31.5 Å². The minimum atomic E-state index is -3.91. The van der Waals surface area contributed by atoms with E-state index in [4.69, 9.17) is 9.47 Å². The summed E-state index contributed by atoms with van der Waals surface area (Å²) in [6, 6.07) is 10.7. The number of hydrogen-bond donors (Lipinski definition) is 0. The van der Waals surface area contributed by atoms with Gasteiger partial charge in [0.1, 0.15) is 11.6 Å². The van der Waals surface area contributed by atoms with Gasteiger partial charge in [-0.3, -0.25) is 4.79 Å². The van der Waals surface area contributed by atoms with Gasteiger partial charge in [-0.05, 0) is 67.6 Å². The summed E-state index contributed by atoms with van der Waals surface area (Å²) in [5.41, 5.74) is 1.30. The quantitative estimate of drug-likeness (QED) is 0.371. The molecule has 8 nitrogen and oxygen atoms in total. The van der Waals surface area contributed by atoms with Gasteiger partial charge < -0.3 is 18.9 Å². The highest BCUT2D eigenvalue weighted by atomic mass is 32.2. The Labute approximate surface area is 226 Å². The lowest BCUT2D eigenvalue weighted by Gasteiger charge is -2.26. The fourth-order valence-electron chi connectivity index (χ4n) is 5.04. The summed E-state index contributed by atoms with van der Waals surface area (Å²) in [6.45, 7) is 1.87. The minimum Gasteiger partial charge on any atom is -0.376 e. The molecule has 2 aliphatic heterocycles. The first-order valence-corrected chi connectivity index (χ1v) is 14.7. The number of amides is 1. The van der Waals surface area contributed by atoms with Crippen LogP contribution >= 0.6 is 0 Å². The summed E-state index contributed by atoms with van der Waals surface area (Å²) in [5.74, 6) is -1.55. The van der Waals surface area contributed by atoms with Gasteiger partial charge in [-0.15, -0.1) is 0 Å². The van der Waals surface area contributed by atoms with Crippen LogP contribution in [0.15, 0.2) is 59.9 Å². The minimum absolute atomic E-state index is 0.0852. The number of sulfone groups is 1. The molecule has 11 heteroatoms. The molecule has 2 fully saturated rings. The van der Waals surface area contributed by atoms with Crippen LogP contribution in [0, 0.1) is 11.6 Å². The number of rotatable bonds is 10. The molecule has 0 bridgehead atoms. The maximum Gasteiger partial charge on any atom is 0.254 e. The molecule has 1 amide bonds. The van der Waals surface area contributed by atoms with E-state index in [0.29, 0.717) is 36.6 Å². The zero-order valence-corrected chi connectivity index (χ0v) is 22.3. The van der Waals surface area contributed by atoms with E-state index in [1.54, 1.807) is 9.47 Å². The van der Waals surface area contributed by atoms with Gasteiger partial charge in [0.25, 0.3) is 5.91 Å². The number of aromatic nitrogens is 2. The number of halogens is 2. The third-order valence-corrected chi connectivity index (χ3v) is 8.63. The van der Waals surface area contributed by atoms with Crippen LogP contribution in [0.2, 0.25) is 0 Å². The van der Waals surface area contributed by atoms with Crippen molar-refractivity contribution in [1.82, 2.24) is 14.5 Å². The van der Waals surface area contributed by atoms with Gasteiger partial charge in [0.15, 0.2) is 0 Å². The topological polar surface area (TPSA) is 90.7 Å². The molecule has 1 aromatic heterocycles. The van der Waals surface area contributed by atoms with Crippen molar-refractivity contribution in [2.45, 2.75) is 61.9 Å². The van der Waals surface area contributed by atoms with Gasteiger partial charge >= 0.3 is 0 Å². The predicted octanol–water partition coefficient (Wildman–Crippen LogP) is 4.14. The molecule has 0 spiro atoms. The molecule has 2 unspecified atom stereocenters. The third-order valence-electron chi connectivity index (χ3n) is 7.04. The van der Waals surface area contributed by atoms with Crippen LogP contribution in [-0.2, 0) is 38.2 Å². The van der Waals surface area contributed by atoms with E-state index in [2.05, 4.69) is 4.98 Å². The molecule has 0 saturated carbocycles. The van der Waals surface area contributed by atoms with Crippen LogP contribution in [0.25, 0.3) is 0 Å². The first-order valence-electron chi connectivity index (χ1n) is 13.1. The first kappa shape index (κ1) is 27.4. The Morgan fingerprint density at radius 1 is 0.949 bits per heavy atom. The Morgan fingerprint density at radius 3 is 2.18 bits per heavy atom. The van der Waals surface area contributed by atoms with Crippen LogP contribution in [0.1, 0.15) is 47.3 Å². The second kappa shape index (κ2) is 11.9. The molecular weight excluding hydrogens is 528 g/mol. The second-order valence-corrected chi connectivity index (χ2v) is 11.9. The molecule has 2 aliphatic rings. The Hall–Kier alpha value is -3.15. The highest BCUT2D eigenvalue weighted by molar-refractivity contribution is 7.90. The van der Waals surface area contributed by atoms with Crippen molar-refractivity contribution in [1.29, 1.82) is 0 Å². The summed E-state index contributed by atoms with van der Waals surface area (Å²) in [5, 5.41) is -0.122. The van der Waals surface area contributed by atoms with Crippen LogP contribution in [-0.4, -0.2) is 60.7 Å². The lowest BCUT2D eigenvalue weighted by atomic mass is 10.1. The molecule has 39 heavy (non-hydrogen) atoms. The fourth-order valence-corrected chi connectivity index (χ4v) is 6.54. The number of carbonyl (C=O) groups is 1. The number of hydrogen-bond acceptors (Lipinski definition) is 6. The SMILES string of the molecule is O=C(c1ccc(F)cc1)N(Cc1cnc(S(=O)(=O)Cc2ccc(F)cc2)n1CC1CCCO1)CC1CCCO1. The van der Waals surface area contributed by atoms with Crippen molar-refractivity contribution in [3.63, 3.8) is 0 Å². The molecule has 0 aliphatic carbocycles. The van der Waals surface area contributed by atoms with E-state index in [1.165, 1.54) is 54.7 Å². The first-order chi connectivity index (χ1) is 18.8. The van der Waals surface area contributed by atoms with Crippen molar-refractivity contribution in [2.24, 2.45) is 0 Å². The van der Waals surface area contributed by atoms with Crippen LogP contribution < -0.4 is 0 Å². The average Bonchev–Trinajstić information content (AvgIpc) is 3.69. The van der Waals surface area contributed by atoms with Crippen molar-refractivity contribution in [3.8, 4) is 0 Å². The Morgan fingerprint density at radius 2 is 1.56 bits per heavy atom. The zero-order valence-electron chi connectivity index (χ0n) is 21.5. The molecular formula is C28H31F2N3O5S. The number of benzene rings is 2. The van der Waals surface area contributed by atoms with E-state index in [9.17, 15) is 22.0 Å². The number of ether oxygens (including phenoxy) is 2. The highest BCUT2D eigenvalue weighted by Crippen LogP contribution is 2.24. The predicted molar refractivity (Wildman–Crippen MR) is 139 cm³/mol. The van der Waals surface area contributed by atoms with E-state index < -0.39 is 21.5 Å². The van der Waals surface area contributed by atoms with Crippen molar-refractivity contribution in [2.75, 3.05) is 19.8 Å². The van der Waals surface area contributed by atoms with Crippen LogP contribution in [0.4, 0.5) is 8.78 Å². The highest BCUT2D eigenvalue weighted by Gasteiger charge is 2.30. The Kier molecular flexibility index (Phi) is 8.39. The van der Waals surface area contributed by atoms with Crippen molar-refractivity contribution >= 4 is 15.7 Å². The van der Waals surface area contributed by atoms with E-state index in [1.807, 2.05) is 0 Å². The number of carbonyl (C=O) groups excluding carboxylic acids is 1. The maximum absolute atomic E-state index is 13.5. The summed E-state index contributed by atoms with van der Waals surface area (Å²) < 4.78 is 67.1. The van der Waals surface area contributed by atoms with Gasteiger partial charge in [-0.1, -0.05) is 12.1 Å². The fraction of sp³-hybridized carbons (Fsp3) is 0.429. The molecule has 3 aromatic rings. The number of nitrogens with zero attached hydrogens (tertiary/aromatic N) is 3.